The van der Waals surface area contributed by atoms with Crippen molar-refractivity contribution in [3.63, 3.8) is 0 Å². The number of pyridine rings is 1. The molecule has 1 aromatic heterocycles. The molecule has 0 radical (unpaired) electrons. The van der Waals surface area contributed by atoms with Crippen molar-refractivity contribution in [3.05, 3.63) is 101 Å². The van der Waals surface area contributed by atoms with E-state index in [0.29, 0.717) is 51.1 Å². The molecule has 2 aliphatic rings. The molecule has 102 heavy (non-hydrogen) atoms. The van der Waals surface area contributed by atoms with Crippen molar-refractivity contribution in [3.8, 4) is 0 Å². The second-order valence-corrected chi connectivity index (χ2v) is 32.1. The van der Waals surface area contributed by atoms with Gasteiger partial charge in [0.15, 0.2) is 6.10 Å². The van der Waals surface area contributed by atoms with Gasteiger partial charge in [-0.25, -0.2) is 20.6 Å². The van der Waals surface area contributed by atoms with Crippen LogP contribution in [0.15, 0.2) is 78.9 Å². The van der Waals surface area contributed by atoms with Crippen LogP contribution in [-0.2, 0) is 76.3 Å². The number of benzene rings is 3. The Morgan fingerprint density at radius 1 is 0.608 bits per heavy atom. The summed E-state index contributed by atoms with van der Waals surface area (Å²) in [6.45, 7) is 26.9. The molecule has 0 aliphatic carbocycles. The smallest absolute Gasteiger partial charge is 0.333 e. The minimum atomic E-state index is -1.74. The zero-order chi connectivity index (χ0) is 76.6. The first-order chi connectivity index (χ1) is 47.5. The van der Waals surface area contributed by atoms with Gasteiger partial charge in [-0.05, 0) is 143 Å². The van der Waals surface area contributed by atoms with Gasteiger partial charge in [-0.3, -0.25) is 48.4 Å². The number of esters is 5. The fourth-order valence-corrected chi connectivity index (χ4v) is 10.7. The van der Waals surface area contributed by atoms with Crippen LogP contribution in [0.1, 0.15) is 171 Å². The number of rotatable bonds is 27. The molecule has 2 aliphatic heterocycles. The molecule has 3 aromatic carbocycles. The number of fused-ring (bicyclic) bond motifs is 2. The summed E-state index contributed by atoms with van der Waals surface area (Å²) in [5.74, 6) is -5.17. The summed E-state index contributed by atoms with van der Waals surface area (Å²) >= 11 is 33.6. The average molecular weight is 1540 g/mol. The monoisotopic (exact) mass is 1540 g/mol. The molecule has 6 rings (SSSR count). The molecule has 564 valence electrons. The van der Waals surface area contributed by atoms with E-state index in [4.69, 9.17) is 103 Å². The molecule has 2 fully saturated rings. The van der Waals surface area contributed by atoms with Gasteiger partial charge in [0, 0.05) is 38.2 Å². The number of carbonyl (C=O) groups excluding carboxylic acids is 8. The lowest BCUT2D eigenvalue weighted by Gasteiger charge is -2.34. The number of amides is 3. The second kappa shape index (κ2) is 41.3. The summed E-state index contributed by atoms with van der Waals surface area (Å²) in [6.07, 6.45) is 7.70. The van der Waals surface area contributed by atoms with Crippen LogP contribution in [0.4, 0.5) is 0 Å². The molecule has 3 heterocycles. The number of carboxylic acid groups (broad SMARTS) is 1. The highest BCUT2D eigenvalue weighted by Gasteiger charge is 2.36. The Labute approximate surface area is 627 Å². The van der Waals surface area contributed by atoms with Crippen molar-refractivity contribution in [1.82, 2.24) is 31.2 Å². The zero-order valence-electron chi connectivity index (χ0n) is 60.5. The van der Waals surface area contributed by atoms with Crippen molar-refractivity contribution < 1.29 is 81.4 Å². The molecular formula is C73H98Cl6N6O17. The predicted molar refractivity (Wildman–Crippen MR) is 395 cm³/mol. The summed E-state index contributed by atoms with van der Waals surface area (Å²) in [6, 6.07) is 19.5. The van der Waals surface area contributed by atoms with Gasteiger partial charge in [-0.15, -0.1) is 0 Å². The van der Waals surface area contributed by atoms with Gasteiger partial charge in [0.1, 0.15) is 55.3 Å². The number of carbonyl (C=O) groups is 9. The summed E-state index contributed by atoms with van der Waals surface area (Å²) in [4.78, 5) is 114. The Kier molecular flexibility index (Phi) is 35.7. The van der Waals surface area contributed by atoms with Crippen LogP contribution in [0, 0.1) is 29.6 Å². The molecule has 10 atom stereocenters. The van der Waals surface area contributed by atoms with Crippen LogP contribution in [0.25, 0.3) is 33.8 Å². The molecule has 29 heteroatoms. The number of hydrogen-bond acceptors (Lipinski definition) is 19. The Bertz CT molecular complexity index is 3560. The van der Waals surface area contributed by atoms with Crippen LogP contribution in [0.5, 0.6) is 0 Å². The zero-order valence-corrected chi connectivity index (χ0v) is 65.0. The van der Waals surface area contributed by atoms with Crippen molar-refractivity contribution in [2.75, 3.05) is 39.5 Å². The highest BCUT2D eigenvalue weighted by molar-refractivity contribution is 6.68. The van der Waals surface area contributed by atoms with Gasteiger partial charge in [-0.1, -0.05) is 185 Å². The van der Waals surface area contributed by atoms with Gasteiger partial charge in [0.2, 0.25) is 19.4 Å². The third-order valence-electron chi connectivity index (χ3n) is 15.5. The third kappa shape index (κ3) is 31.9. The molecular weight excluding hydrogens is 1450 g/mol. The van der Waals surface area contributed by atoms with Crippen LogP contribution in [0.2, 0.25) is 0 Å². The lowest BCUT2D eigenvalue weighted by Crippen LogP contribution is -2.60. The lowest BCUT2D eigenvalue weighted by atomic mass is 10.0. The number of aromatic nitrogens is 1. The van der Waals surface area contributed by atoms with E-state index in [1.165, 1.54) is 23.9 Å². The van der Waals surface area contributed by atoms with E-state index >= 15 is 0 Å². The number of aliphatic carboxylic acids is 1. The number of halogens is 6. The number of nitrogens with one attached hydrogen (secondary N) is 3. The van der Waals surface area contributed by atoms with Crippen molar-refractivity contribution in [2.24, 2.45) is 29.6 Å². The minimum absolute atomic E-state index is 0.0297. The van der Waals surface area contributed by atoms with Crippen LogP contribution in [-0.4, -0.2) is 157 Å². The molecule has 4 N–H and O–H groups in total. The Hall–Kier alpha value is -6.38. The highest BCUT2D eigenvalue weighted by atomic mass is 35.6. The van der Waals surface area contributed by atoms with E-state index in [0.717, 1.165) is 38.4 Å². The molecule has 2 unspecified atom stereocenters. The maximum atomic E-state index is 13.2. The number of carboxylic acids is 1. The molecule has 0 saturated carbocycles. The van der Waals surface area contributed by atoms with E-state index in [2.05, 4.69) is 33.3 Å². The Morgan fingerprint density at radius 2 is 1.08 bits per heavy atom. The lowest BCUT2D eigenvalue weighted by molar-refractivity contribution is -0.160. The standard InChI is InChI=1S/C33H43Cl3N4O7.C24H30O5.C16H25Cl3N2O5/c1-19(2)29(30(42)37-21(4)31(43)40-15-7-8-27(39-40)32(44)46-18-33(34,35)36)45-17-20(3)9-10-24-11-12-25-13-14-26(38-28(25)16-24)22(5)47-23(6)41;1-15(2)23(24(26)27)28-14-16(3)6-7-19-8-9-20-10-11-21(13-22(20)12-19)17(4)29-18(5)25;1-10(8-12(22)26-15(2,3)4)13(23)21-7-5-6-11(20-21)14(24)25-9-16(17,18)19/h9-14,16,19-22,27,29,39H,7-8,15,17-18H2,1-6H3,(H,37,42);6-13,15-17,23H,14H2,1-5H3,(H,26,27);10-11,20H,5-9H2,1-4H3/b10-9+;7-6+;/t20?,21-,22+,27-,29-;16?,17-,23+;10-,11+/m011/s1. The SMILES string of the molecule is CC(=O)O[C@H](C)c1ccc2ccc(/C=C/C(C)CO[C@H](C(=O)N[C@@H](C)C(=O)N3CCC[C@@H](C(=O)OCC(Cl)(Cl)Cl)N3)C(C)C)cc2n1.CC(=O)O[C@H](C)c1ccc2ccc(/C=C/C(C)CO[C@H](C(=O)O)C(C)C)cc2c1.C[C@H](CC(=O)OC(C)(C)C)C(=O)N1CCC[C@@H](C(=O)OCC(Cl)(Cl)Cl)N1. The molecule has 3 amide bonds. The Morgan fingerprint density at radius 3 is 1.57 bits per heavy atom. The summed E-state index contributed by atoms with van der Waals surface area (Å²) in [7, 11) is 0. The summed E-state index contributed by atoms with van der Waals surface area (Å²) < 4.78 is 33.9. The number of nitrogens with zero attached hydrogens (tertiary/aromatic N) is 3. The third-order valence-corrected chi connectivity index (χ3v) is 16.1. The number of hydrazine groups is 2. The van der Waals surface area contributed by atoms with E-state index in [9.17, 15) is 48.3 Å². The molecule has 0 spiro atoms. The maximum Gasteiger partial charge on any atom is 0.333 e. The average Bonchev–Trinajstić information content (AvgIpc) is 0.833. The topological polar surface area (TPSA) is 294 Å². The van der Waals surface area contributed by atoms with Crippen molar-refractivity contribution in [1.29, 1.82) is 0 Å². The molecule has 2 saturated heterocycles. The fraction of sp³-hybridized carbons (Fsp3) is 0.562. The van der Waals surface area contributed by atoms with Gasteiger partial charge in [0.25, 0.3) is 5.91 Å². The van der Waals surface area contributed by atoms with Crippen molar-refractivity contribution >= 4 is 157 Å². The molecule has 0 bridgehead atoms. The van der Waals surface area contributed by atoms with Gasteiger partial charge in [0.05, 0.1) is 30.8 Å². The first-order valence-corrected chi connectivity index (χ1v) is 36.0. The van der Waals surface area contributed by atoms with E-state index in [1.807, 2.05) is 127 Å². The summed E-state index contributed by atoms with van der Waals surface area (Å²) in [5, 5.41) is 17.7. The molecule has 4 aromatic rings. The van der Waals surface area contributed by atoms with Gasteiger partial charge < -0.3 is 43.6 Å². The summed E-state index contributed by atoms with van der Waals surface area (Å²) in [5.41, 5.74) is 9.44. The number of hydrogen-bond donors (Lipinski definition) is 4. The first kappa shape index (κ1) is 88.0. The largest absolute Gasteiger partial charge is 0.479 e. The van der Waals surface area contributed by atoms with E-state index < -0.39 is 97.8 Å². The minimum Gasteiger partial charge on any atom is -0.479 e. The number of alkyl halides is 6. The van der Waals surface area contributed by atoms with Crippen LogP contribution < -0.4 is 16.2 Å². The van der Waals surface area contributed by atoms with Crippen LogP contribution in [0.3, 0.4) is 0 Å². The fourth-order valence-electron chi connectivity index (χ4n) is 10.4. The maximum absolute atomic E-state index is 13.2. The first-order valence-electron chi connectivity index (χ1n) is 33.7. The molecule has 23 nitrogen and oxygen atoms in total. The highest BCUT2D eigenvalue weighted by Crippen LogP contribution is 2.30. The second-order valence-electron chi connectivity index (χ2n) is 27.1. The van der Waals surface area contributed by atoms with E-state index in [1.54, 1.807) is 41.5 Å². The van der Waals surface area contributed by atoms with Gasteiger partial charge in [-0.2, -0.15) is 0 Å². The predicted octanol–water partition coefficient (Wildman–Crippen LogP) is 13.5. The van der Waals surface area contributed by atoms with Crippen molar-refractivity contribution in [2.45, 2.75) is 192 Å². The van der Waals surface area contributed by atoms with Crippen LogP contribution >= 0.6 is 69.6 Å². The van der Waals surface area contributed by atoms with E-state index in [-0.39, 0.29) is 67.3 Å². The number of ether oxygens (including phenoxy) is 7. The van der Waals surface area contributed by atoms with Gasteiger partial charge >= 0.3 is 35.8 Å². The Balaban J connectivity index is 0.000000345. The quantitative estimate of drug-likeness (QED) is 0.0245. The normalized spacial score (nSPS) is 17.6.